The highest BCUT2D eigenvalue weighted by Gasteiger charge is 2.53. The number of aliphatic hydroxyl groups is 1. The van der Waals surface area contributed by atoms with Crippen molar-refractivity contribution in [2.24, 2.45) is 12.5 Å². The second-order valence-electron chi connectivity index (χ2n) is 12.3. The SMILES string of the molecule is Cn1ccc(S(=O)(=O)N(CC(C)(C)O)[C@H]2CCC3=Cc4c(cnn4-c4ccc(F)cc4)C[C@]3(C(=O)c3ncc(C(F)(F)F)s3)C2)n1. The molecule has 1 N–H and O–H groups in total. The summed E-state index contributed by atoms with van der Waals surface area (Å²) in [7, 11) is -2.71. The third-order valence-corrected chi connectivity index (χ3v) is 11.2. The van der Waals surface area contributed by atoms with Crippen LogP contribution in [0.2, 0.25) is 0 Å². The molecule has 0 saturated heterocycles. The largest absolute Gasteiger partial charge is 0.427 e. The number of nitrogens with zero attached hydrogens (tertiary/aromatic N) is 6. The molecular formula is C30H30F4N6O4S2. The third-order valence-electron chi connectivity index (χ3n) is 8.33. The molecule has 0 spiro atoms. The first kappa shape index (κ1) is 32.2. The topological polar surface area (TPSA) is 123 Å². The fraction of sp³-hybridized carbons (Fsp3) is 0.400. The van der Waals surface area contributed by atoms with E-state index in [2.05, 4.69) is 15.2 Å². The minimum Gasteiger partial charge on any atom is -0.389 e. The molecular weight excluding hydrogens is 648 g/mol. The number of carbonyl (C=O) groups excluding carboxylic acids is 1. The van der Waals surface area contributed by atoms with Gasteiger partial charge in [-0.05, 0) is 81.5 Å². The number of alkyl halides is 3. The molecule has 1 aromatic carbocycles. The van der Waals surface area contributed by atoms with E-state index in [1.54, 1.807) is 36.1 Å². The zero-order valence-electron chi connectivity index (χ0n) is 25.0. The van der Waals surface area contributed by atoms with Crippen molar-refractivity contribution < 1.29 is 35.9 Å². The number of carbonyl (C=O) groups is 1. The number of halogens is 4. The van der Waals surface area contributed by atoms with Gasteiger partial charge in [0.25, 0.3) is 10.0 Å². The van der Waals surface area contributed by atoms with E-state index in [1.165, 1.54) is 42.9 Å². The summed E-state index contributed by atoms with van der Waals surface area (Å²) in [5, 5.41) is 18.8. The fourth-order valence-corrected chi connectivity index (χ4v) is 8.86. The Morgan fingerprint density at radius 1 is 1.17 bits per heavy atom. The number of Topliss-reactive ketones (excluding diaryl/α,β-unsaturated/α-hetero) is 1. The molecule has 46 heavy (non-hydrogen) atoms. The van der Waals surface area contributed by atoms with Crippen molar-refractivity contribution >= 4 is 33.2 Å². The fourth-order valence-electron chi connectivity index (χ4n) is 6.28. The number of sulfonamides is 1. The van der Waals surface area contributed by atoms with Gasteiger partial charge in [0.1, 0.15) is 10.7 Å². The molecule has 0 amide bonds. The number of thiazole rings is 1. The first-order valence-corrected chi connectivity index (χ1v) is 16.6. The molecule has 6 rings (SSSR count). The van der Waals surface area contributed by atoms with Crippen LogP contribution in [0.15, 0.2) is 59.5 Å². The predicted molar refractivity (Wildman–Crippen MR) is 160 cm³/mol. The van der Waals surface area contributed by atoms with E-state index in [1.807, 2.05) is 0 Å². The molecule has 2 aliphatic rings. The maximum atomic E-state index is 14.4. The highest BCUT2D eigenvalue weighted by molar-refractivity contribution is 7.89. The number of benzene rings is 1. The smallest absolute Gasteiger partial charge is 0.389 e. The van der Waals surface area contributed by atoms with Crippen molar-refractivity contribution in [1.82, 2.24) is 28.9 Å². The molecule has 4 aromatic rings. The average Bonchev–Trinajstić information content (AvgIpc) is 3.74. The second kappa shape index (κ2) is 11.2. The van der Waals surface area contributed by atoms with Crippen molar-refractivity contribution in [3.63, 3.8) is 0 Å². The van der Waals surface area contributed by atoms with E-state index >= 15 is 0 Å². The number of rotatable bonds is 8. The lowest BCUT2D eigenvalue weighted by Gasteiger charge is -2.46. The number of hydrogen-bond acceptors (Lipinski definition) is 8. The molecule has 10 nitrogen and oxygen atoms in total. The lowest BCUT2D eigenvalue weighted by atomic mass is 9.61. The first-order valence-electron chi connectivity index (χ1n) is 14.3. The summed E-state index contributed by atoms with van der Waals surface area (Å²) in [6, 6.07) is 6.20. The first-order chi connectivity index (χ1) is 21.5. The summed E-state index contributed by atoms with van der Waals surface area (Å²) in [6.45, 7) is 2.62. The Morgan fingerprint density at radius 2 is 1.89 bits per heavy atom. The van der Waals surface area contributed by atoms with Crippen LogP contribution in [-0.4, -0.2) is 66.3 Å². The van der Waals surface area contributed by atoms with Gasteiger partial charge in [-0.1, -0.05) is 5.57 Å². The lowest BCUT2D eigenvalue weighted by Crippen LogP contribution is -2.53. The Labute approximate surface area is 266 Å². The number of fused-ring (bicyclic) bond motifs is 2. The molecule has 2 atom stereocenters. The van der Waals surface area contributed by atoms with Crippen LogP contribution in [0.5, 0.6) is 0 Å². The van der Waals surface area contributed by atoms with Crippen LogP contribution in [0.4, 0.5) is 17.6 Å². The molecule has 3 heterocycles. The summed E-state index contributed by atoms with van der Waals surface area (Å²) in [6.07, 6.45) is 1.15. The lowest BCUT2D eigenvalue weighted by molar-refractivity contribution is -0.134. The average molecular weight is 679 g/mol. The van der Waals surface area contributed by atoms with Crippen molar-refractivity contribution in [2.45, 2.75) is 62.4 Å². The molecule has 1 saturated carbocycles. The number of hydrogen-bond donors (Lipinski definition) is 1. The normalized spacial score (nSPS) is 20.4. The van der Waals surface area contributed by atoms with E-state index in [-0.39, 0.29) is 53.6 Å². The van der Waals surface area contributed by atoms with E-state index in [0.29, 0.717) is 28.7 Å². The monoisotopic (exact) mass is 678 g/mol. The second-order valence-corrected chi connectivity index (χ2v) is 15.2. The Bertz CT molecular complexity index is 1940. The van der Waals surface area contributed by atoms with E-state index in [0.717, 1.165) is 4.31 Å². The van der Waals surface area contributed by atoms with Crippen LogP contribution < -0.4 is 0 Å². The minimum absolute atomic E-state index is 0.0195. The molecule has 3 aromatic heterocycles. The maximum absolute atomic E-state index is 14.4. The quantitative estimate of drug-likeness (QED) is 0.205. The molecule has 244 valence electrons. The highest BCUT2D eigenvalue weighted by atomic mass is 32.2. The Kier molecular flexibility index (Phi) is 7.85. The van der Waals surface area contributed by atoms with Crippen LogP contribution in [0.1, 0.15) is 59.0 Å². The molecule has 0 radical (unpaired) electrons. The summed E-state index contributed by atoms with van der Waals surface area (Å²) in [5.41, 5.74) is -0.511. The van der Waals surface area contributed by atoms with Crippen LogP contribution >= 0.6 is 11.3 Å². The van der Waals surface area contributed by atoms with Crippen LogP contribution in [0, 0.1) is 11.2 Å². The molecule has 1 fully saturated rings. The van der Waals surface area contributed by atoms with Crippen molar-refractivity contribution in [2.75, 3.05) is 6.54 Å². The van der Waals surface area contributed by atoms with Gasteiger partial charge in [0.2, 0.25) is 5.78 Å². The van der Waals surface area contributed by atoms with E-state index < -0.39 is 49.7 Å². The number of allylic oxidation sites excluding steroid dienone is 1. The van der Waals surface area contributed by atoms with Gasteiger partial charge in [-0.2, -0.15) is 27.7 Å². The van der Waals surface area contributed by atoms with E-state index in [4.69, 9.17) is 0 Å². The standard InChI is InChI=1S/C30H30F4N6O4S2/c1-28(2,42)17-39(46(43,44)25-10-11-38(3)37-25)22-7-4-19-12-23-18(15-36-40(23)21-8-5-20(31)6-9-21)13-29(19,14-22)26(41)27-35-16-24(45-27)30(32,33)34/h5-6,8-12,15-16,22,42H,4,7,13-14,17H2,1-3H3/t22-,29-/m0/s1. The minimum atomic E-state index is -4.70. The van der Waals surface area contributed by atoms with Gasteiger partial charge in [0.05, 0.1) is 34.8 Å². The van der Waals surface area contributed by atoms with Gasteiger partial charge in [-0.25, -0.2) is 22.5 Å². The van der Waals surface area contributed by atoms with Crippen LogP contribution in [0.25, 0.3) is 11.8 Å². The Balaban J connectivity index is 1.46. The van der Waals surface area contributed by atoms with Gasteiger partial charge in [0, 0.05) is 25.8 Å². The van der Waals surface area contributed by atoms with Crippen LogP contribution in [-0.2, 0) is 29.7 Å². The summed E-state index contributed by atoms with van der Waals surface area (Å²) >= 11 is 0.248. The maximum Gasteiger partial charge on any atom is 0.427 e. The van der Waals surface area contributed by atoms with Crippen molar-refractivity contribution in [3.8, 4) is 5.69 Å². The number of ketones is 1. The zero-order valence-corrected chi connectivity index (χ0v) is 26.6. The van der Waals surface area contributed by atoms with Gasteiger partial charge in [-0.15, -0.1) is 11.3 Å². The molecule has 2 aliphatic carbocycles. The summed E-state index contributed by atoms with van der Waals surface area (Å²) < 4.78 is 86.4. The van der Waals surface area contributed by atoms with Gasteiger partial charge in [-0.3, -0.25) is 9.48 Å². The predicted octanol–water partition coefficient (Wildman–Crippen LogP) is 5.04. The number of aromatic nitrogens is 5. The Morgan fingerprint density at radius 3 is 2.50 bits per heavy atom. The molecule has 0 unspecified atom stereocenters. The number of aryl methyl sites for hydroxylation is 1. The Hall–Kier alpha value is -3.73. The van der Waals surface area contributed by atoms with Crippen molar-refractivity contribution in [3.05, 3.63) is 81.5 Å². The van der Waals surface area contributed by atoms with Crippen LogP contribution in [0.3, 0.4) is 0 Å². The molecule has 16 heteroatoms. The zero-order chi connectivity index (χ0) is 33.2. The van der Waals surface area contributed by atoms with Gasteiger partial charge in [0.15, 0.2) is 10.0 Å². The summed E-state index contributed by atoms with van der Waals surface area (Å²) in [5.74, 6) is -1.08. The van der Waals surface area contributed by atoms with E-state index in [9.17, 15) is 35.9 Å². The highest BCUT2D eigenvalue weighted by Crippen LogP contribution is 2.52. The third kappa shape index (κ3) is 5.82. The van der Waals surface area contributed by atoms with Gasteiger partial charge >= 0.3 is 6.18 Å². The molecule has 0 aliphatic heterocycles. The summed E-state index contributed by atoms with van der Waals surface area (Å²) in [4.78, 5) is 17.3. The van der Waals surface area contributed by atoms with Crippen molar-refractivity contribution in [1.29, 1.82) is 0 Å². The molecule has 0 bridgehead atoms. The van der Waals surface area contributed by atoms with Gasteiger partial charge < -0.3 is 5.11 Å².